The Balaban J connectivity index is 1.82. The predicted octanol–water partition coefficient (Wildman–Crippen LogP) is 16.2. The standard InChI is InChI=1S/C54H86O3/c1-9-13-17-21-25-32-44-34-30-40-51(47(44)37-27-23-19-15-11-3)56-53(5,6)42-46-36-29-39-50(55)49(46)43-54(7,8)57-52-41-31-35-45(33-26-22-18-14-10-2)48(52)38-28-24-20-16-12-4/h29-31,34-36,39-41,55H,9-28,32-33,37-38,42-43H2,1-8H3. The first kappa shape index (κ1) is 48.4. The van der Waals surface area contributed by atoms with Crippen molar-refractivity contribution in [3.63, 3.8) is 0 Å². The number of aryl methyl sites for hydroxylation is 2. The third kappa shape index (κ3) is 18.3. The van der Waals surface area contributed by atoms with Crippen LogP contribution in [-0.4, -0.2) is 16.3 Å². The smallest absolute Gasteiger partial charge is 0.123 e. The summed E-state index contributed by atoms with van der Waals surface area (Å²) in [6.07, 6.45) is 31.3. The minimum Gasteiger partial charge on any atom is -0.508 e. The molecule has 3 heteroatoms. The zero-order chi connectivity index (χ0) is 41.4. The van der Waals surface area contributed by atoms with Gasteiger partial charge in [0.05, 0.1) is 0 Å². The zero-order valence-electron chi connectivity index (χ0n) is 38.3. The fraction of sp³-hybridized carbons (Fsp3) is 0.667. The summed E-state index contributed by atoms with van der Waals surface area (Å²) >= 11 is 0. The lowest BCUT2D eigenvalue weighted by Gasteiger charge is -2.32. The van der Waals surface area contributed by atoms with Crippen molar-refractivity contribution in [1.29, 1.82) is 0 Å². The van der Waals surface area contributed by atoms with Crippen LogP contribution in [0.4, 0.5) is 0 Å². The molecule has 0 saturated carbocycles. The summed E-state index contributed by atoms with van der Waals surface area (Å²) in [5.41, 5.74) is 6.83. The molecule has 57 heavy (non-hydrogen) atoms. The van der Waals surface area contributed by atoms with Crippen molar-refractivity contribution in [2.24, 2.45) is 0 Å². The van der Waals surface area contributed by atoms with Gasteiger partial charge in [0.2, 0.25) is 0 Å². The number of phenols is 1. The van der Waals surface area contributed by atoms with Crippen LogP contribution < -0.4 is 9.47 Å². The lowest BCUT2D eigenvalue weighted by Crippen LogP contribution is -2.34. The van der Waals surface area contributed by atoms with E-state index in [2.05, 4.69) is 97.9 Å². The van der Waals surface area contributed by atoms with E-state index < -0.39 is 11.2 Å². The van der Waals surface area contributed by atoms with Gasteiger partial charge in [-0.3, -0.25) is 0 Å². The van der Waals surface area contributed by atoms with Gasteiger partial charge in [-0.1, -0.05) is 167 Å². The molecule has 0 unspecified atom stereocenters. The molecular weight excluding hydrogens is 697 g/mol. The predicted molar refractivity (Wildman–Crippen MR) is 248 cm³/mol. The second kappa shape index (κ2) is 26.9. The second-order valence-electron chi connectivity index (χ2n) is 18.4. The summed E-state index contributed by atoms with van der Waals surface area (Å²) in [4.78, 5) is 0. The molecule has 320 valence electrons. The fourth-order valence-corrected chi connectivity index (χ4v) is 8.64. The van der Waals surface area contributed by atoms with Gasteiger partial charge in [0.15, 0.2) is 0 Å². The van der Waals surface area contributed by atoms with Gasteiger partial charge < -0.3 is 14.6 Å². The van der Waals surface area contributed by atoms with Crippen molar-refractivity contribution in [3.05, 3.63) is 88.0 Å². The minimum absolute atomic E-state index is 0.342. The van der Waals surface area contributed by atoms with E-state index in [-0.39, 0.29) is 0 Å². The molecule has 0 aromatic heterocycles. The summed E-state index contributed by atoms with van der Waals surface area (Å²) < 4.78 is 14.1. The molecule has 0 fully saturated rings. The van der Waals surface area contributed by atoms with E-state index in [9.17, 15) is 5.11 Å². The molecule has 3 aromatic rings. The van der Waals surface area contributed by atoms with Gasteiger partial charge in [-0.15, -0.1) is 0 Å². The van der Waals surface area contributed by atoms with E-state index in [1.165, 1.54) is 151 Å². The Bertz CT molecular complexity index is 1520. The van der Waals surface area contributed by atoms with E-state index in [0.717, 1.165) is 48.3 Å². The Morgan fingerprint density at radius 2 is 0.737 bits per heavy atom. The van der Waals surface area contributed by atoms with Gasteiger partial charge in [0, 0.05) is 18.4 Å². The number of unbranched alkanes of at least 4 members (excludes halogenated alkanes) is 16. The zero-order valence-corrected chi connectivity index (χ0v) is 38.3. The van der Waals surface area contributed by atoms with Crippen LogP contribution in [0.15, 0.2) is 54.6 Å². The molecule has 0 radical (unpaired) electrons. The Hall–Kier alpha value is -2.94. The number of ether oxygens (including phenoxy) is 2. The van der Waals surface area contributed by atoms with Crippen LogP contribution in [0.1, 0.15) is 217 Å². The molecule has 0 aliphatic carbocycles. The molecule has 0 bridgehead atoms. The second-order valence-corrected chi connectivity index (χ2v) is 18.4. The first-order valence-corrected chi connectivity index (χ1v) is 23.9. The van der Waals surface area contributed by atoms with E-state index in [4.69, 9.17) is 9.47 Å². The molecule has 0 spiro atoms. The maximum absolute atomic E-state index is 11.4. The molecule has 3 nitrogen and oxygen atoms in total. The summed E-state index contributed by atoms with van der Waals surface area (Å²) in [6, 6.07) is 19.5. The molecule has 0 aliphatic heterocycles. The summed E-state index contributed by atoms with van der Waals surface area (Å²) in [5.74, 6) is 2.41. The third-order valence-corrected chi connectivity index (χ3v) is 11.9. The van der Waals surface area contributed by atoms with Gasteiger partial charge in [0.1, 0.15) is 28.5 Å². The normalized spacial score (nSPS) is 12.0. The monoisotopic (exact) mass is 783 g/mol. The first-order chi connectivity index (χ1) is 27.5. The van der Waals surface area contributed by atoms with Crippen molar-refractivity contribution >= 4 is 0 Å². The number of aromatic hydroxyl groups is 1. The molecule has 1 N–H and O–H groups in total. The summed E-state index contributed by atoms with van der Waals surface area (Å²) in [7, 11) is 0. The van der Waals surface area contributed by atoms with E-state index >= 15 is 0 Å². The van der Waals surface area contributed by atoms with E-state index in [1.54, 1.807) is 0 Å². The van der Waals surface area contributed by atoms with Crippen molar-refractivity contribution in [2.45, 2.75) is 234 Å². The van der Waals surface area contributed by atoms with Gasteiger partial charge in [-0.25, -0.2) is 0 Å². The van der Waals surface area contributed by atoms with Crippen LogP contribution in [0.5, 0.6) is 17.2 Å². The molecule has 0 saturated heterocycles. The highest BCUT2D eigenvalue weighted by Crippen LogP contribution is 2.36. The van der Waals surface area contributed by atoms with Crippen molar-refractivity contribution in [1.82, 2.24) is 0 Å². The van der Waals surface area contributed by atoms with E-state index in [1.807, 2.05) is 12.1 Å². The van der Waals surface area contributed by atoms with Crippen LogP contribution in [0.3, 0.4) is 0 Å². The van der Waals surface area contributed by atoms with Gasteiger partial charge in [-0.05, 0) is 125 Å². The Labute approximate surface area is 352 Å². The Morgan fingerprint density at radius 1 is 0.386 bits per heavy atom. The highest BCUT2D eigenvalue weighted by Gasteiger charge is 2.29. The van der Waals surface area contributed by atoms with Crippen molar-refractivity contribution in [2.75, 3.05) is 0 Å². The van der Waals surface area contributed by atoms with Crippen LogP contribution in [-0.2, 0) is 38.5 Å². The number of hydrogen-bond acceptors (Lipinski definition) is 3. The summed E-state index contributed by atoms with van der Waals surface area (Å²) in [5, 5.41) is 11.4. The average Bonchev–Trinajstić information content (AvgIpc) is 3.17. The Morgan fingerprint density at radius 3 is 1.16 bits per heavy atom. The van der Waals surface area contributed by atoms with Gasteiger partial charge in [0.25, 0.3) is 0 Å². The molecule has 3 rings (SSSR count). The number of rotatable bonds is 32. The maximum Gasteiger partial charge on any atom is 0.123 e. The largest absolute Gasteiger partial charge is 0.508 e. The van der Waals surface area contributed by atoms with Crippen LogP contribution >= 0.6 is 0 Å². The molecular formula is C54H86O3. The van der Waals surface area contributed by atoms with Crippen LogP contribution in [0.2, 0.25) is 0 Å². The lowest BCUT2D eigenvalue weighted by molar-refractivity contribution is 0.101. The number of benzene rings is 3. The maximum atomic E-state index is 11.4. The molecule has 0 amide bonds. The third-order valence-electron chi connectivity index (χ3n) is 11.9. The molecule has 0 aliphatic rings. The number of phenolic OH excluding ortho intramolecular Hbond substituents is 1. The average molecular weight is 783 g/mol. The van der Waals surface area contributed by atoms with Crippen molar-refractivity contribution in [3.8, 4) is 17.2 Å². The topological polar surface area (TPSA) is 38.7 Å². The lowest BCUT2D eigenvalue weighted by atomic mass is 9.88. The molecule has 3 aromatic carbocycles. The molecule has 0 heterocycles. The highest BCUT2D eigenvalue weighted by molar-refractivity contribution is 5.44. The first-order valence-electron chi connectivity index (χ1n) is 23.9. The van der Waals surface area contributed by atoms with Gasteiger partial charge in [-0.2, -0.15) is 0 Å². The quantitative estimate of drug-likeness (QED) is 0.0641. The minimum atomic E-state index is -0.522. The summed E-state index contributed by atoms with van der Waals surface area (Å²) in [6.45, 7) is 18.0. The SMILES string of the molecule is CCCCCCCc1cccc(OC(C)(C)Cc2cccc(O)c2CC(C)(C)Oc2cccc(CCCCCCC)c2CCCCCCC)c1CCCCCCC. The Kier molecular flexibility index (Phi) is 22.9. The van der Waals surface area contributed by atoms with Crippen LogP contribution in [0.25, 0.3) is 0 Å². The van der Waals surface area contributed by atoms with Crippen LogP contribution in [0, 0.1) is 0 Å². The fourth-order valence-electron chi connectivity index (χ4n) is 8.64. The number of hydrogen-bond donors (Lipinski definition) is 1. The van der Waals surface area contributed by atoms with E-state index in [0.29, 0.717) is 18.6 Å². The highest BCUT2D eigenvalue weighted by atomic mass is 16.5. The van der Waals surface area contributed by atoms with Gasteiger partial charge >= 0.3 is 0 Å². The molecule has 0 atom stereocenters. The van der Waals surface area contributed by atoms with Crippen molar-refractivity contribution < 1.29 is 14.6 Å².